The first-order valence-electron chi connectivity index (χ1n) is 11.1. The van der Waals surface area contributed by atoms with Crippen LogP contribution >= 0.6 is 0 Å². The van der Waals surface area contributed by atoms with E-state index in [0.717, 1.165) is 16.9 Å². The van der Waals surface area contributed by atoms with Gasteiger partial charge in [0, 0.05) is 30.9 Å². The van der Waals surface area contributed by atoms with Crippen molar-refractivity contribution in [1.82, 2.24) is 9.88 Å². The number of hydrogen-bond acceptors (Lipinski definition) is 6. The second-order valence-corrected chi connectivity index (χ2v) is 8.52. The normalized spacial score (nSPS) is 20.8. The van der Waals surface area contributed by atoms with Gasteiger partial charge in [-0.3, -0.25) is 14.6 Å². The number of ether oxygens (including phenoxy) is 2. The van der Waals surface area contributed by atoms with Crippen LogP contribution in [0.5, 0.6) is 11.5 Å². The van der Waals surface area contributed by atoms with Crippen LogP contribution in [0.25, 0.3) is 5.76 Å². The van der Waals surface area contributed by atoms with Crippen molar-refractivity contribution < 1.29 is 24.2 Å². The monoisotopic (exact) mass is 456 g/mol. The van der Waals surface area contributed by atoms with Crippen molar-refractivity contribution in [1.29, 1.82) is 0 Å². The molecule has 1 N–H and O–H groups in total. The zero-order valence-electron chi connectivity index (χ0n) is 18.9. The lowest BCUT2D eigenvalue weighted by atomic mass is 9.95. The first-order chi connectivity index (χ1) is 16.5. The zero-order valence-corrected chi connectivity index (χ0v) is 18.9. The van der Waals surface area contributed by atoms with Crippen LogP contribution in [-0.2, 0) is 22.6 Å². The Morgan fingerprint density at radius 3 is 2.68 bits per heavy atom. The predicted octanol–water partition coefficient (Wildman–Crippen LogP) is 4.04. The number of amides is 1. The molecule has 1 fully saturated rings. The number of nitrogens with zero attached hydrogens (tertiary/aromatic N) is 2. The number of aliphatic hydroxyl groups excluding tert-OH is 1. The molecule has 172 valence electrons. The molecule has 0 bridgehead atoms. The van der Waals surface area contributed by atoms with E-state index >= 15 is 0 Å². The fourth-order valence-corrected chi connectivity index (χ4v) is 4.58. The van der Waals surface area contributed by atoms with Gasteiger partial charge in [0.1, 0.15) is 23.4 Å². The Kier molecular flexibility index (Phi) is 5.53. The van der Waals surface area contributed by atoms with Crippen molar-refractivity contribution in [2.75, 3.05) is 7.11 Å². The highest BCUT2D eigenvalue weighted by Crippen LogP contribution is 2.41. The molecule has 2 atom stereocenters. The number of aliphatic hydroxyl groups is 1. The third kappa shape index (κ3) is 3.79. The number of likely N-dealkylation sites (tertiary alicyclic amines) is 1. The van der Waals surface area contributed by atoms with Crippen LogP contribution in [0.3, 0.4) is 0 Å². The van der Waals surface area contributed by atoms with Gasteiger partial charge < -0.3 is 19.5 Å². The number of ketones is 1. The van der Waals surface area contributed by atoms with Crippen molar-refractivity contribution in [3.8, 4) is 11.5 Å². The minimum Gasteiger partial charge on any atom is -0.507 e. The van der Waals surface area contributed by atoms with E-state index in [1.165, 1.54) is 4.90 Å². The third-order valence-corrected chi connectivity index (χ3v) is 6.22. The molecule has 2 aliphatic rings. The van der Waals surface area contributed by atoms with Gasteiger partial charge in [0.05, 0.1) is 18.7 Å². The first-order valence-corrected chi connectivity index (χ1v) is 11.1. The molecule has 5 rings (SSSR count). The fourth-order valence-electron chi connectivity index (χ4n) is 4.58. The number of benzene rings is 2. The summed E-state index contributed by atoms with van der Waals surface area (Å²) < 4.78 is 11.0. The average molecular weight is 456 g/mol. The van der Waals surface area contributed by atoms with E-state index in [4.69, 9.17) is 9.47 Å². The molecular formula is C27H24N2O5. The lowest BCUT2D eigenvalue weighted by Crippen LogP contribution is -2.29. The molecule has 1 saturated heterocycles. The Bertz CT molecular complexity index is 1280. The van der Waals surface area contributed by atoms with Crippen molar-refractivity contribution in [3.63, 3.8) is 0 Å². The number of carbonyl (C=O) groups is 2. The largest absolute Gasteiger partial charge is 0.507 e. The Hall–Kier alpha value is -4.13. The fraction of sp³-hybridized carbons (Fsp3) is 0.222. The summed E-state index contributed by atoms with van der Waals surface area (Å²) in [5.41, 5.74) is 2.98. The zero-order chi connectivity index (χ0) is 23.8. The average Bonchev–Trinajstić information content (AvgIpc) is 3.35. The van der Waals surface area contributed by atoms with Crippen LogP contribution < -0.4 is 9.47 Å². The second-order valence-electron chi connectivity index (χ2n) is 8.52. The predicted molar refractivity (Wildman–Crippen MR) is 125 cm³/mol. The van der Waals surface area contributed by atoms with Gasteiger partial charge in [-0.15, -0.1) is 0 Å². The highest BCUT2D eigenvalue weighted by atomic mass is 16.5. The van der Waals surface area contributed by atoms with Gasteiger partial charge in [-0.2, -0.15) is 0 Å². The van der Waals surface area contributed by atoms with Gasteiger partial charge in [-0.25, -0.2) is 0 Å². The van der Waals surface area contributed by atoms with E-state index < -0.39 is 17.7 Å². The molecule has 2 unspecified atom stereocenters. The van der Waals surface area contributed by atoms with Crippen molar-refractivity contribution in [2.45, 2.75) is 32.0 Å². The lowest BCUT2D eigenvalue weighted by molar-refractivity contribution is -0.140. The molecule has 2 aromatic carbocycles. The van der Waals surface area contributed by atoms with Crippen LogP contribution in [0.15, 0.2) is 72.6 Å². The quantitative estimate of drug-likeness (QED) is 0.354. The molecule has 0 spiro atoms. The number of aromatic nitrogens is 1. The van der Waals surface area contributed by atoms with Crippen LogP contribution in [0, 0.1) is 0 Å². The highest BCUT2D eigenvalue weighted by Gasteiger charge is 2.46. The summed E-state index contributed by atoms with van der Waals surface area (Å²) in [7, 11) is 1.59. The Labute approximate surface area is 197 Å². The molecule has 34 heavy (non-hydrogen) atoms. The maximum Gasteiger partial charge on any atom is 0.295 e. The van der Waals surface area contributed by atoms with E-state index in [9.17, 15) is 14.7 Å². The smallest absolute Gasteiger partial charge is 0.295 e. The van der Waals surface area contributed by atoms with E-state index in [1.807, 2.05) is 25.1 Å². The number of hydrogen-bond donors (Lipinski definition) is 1. The Morgan fingerprint density at radius 1 is 1.18 bits per heavy atom. The summed E-state index contributed by atoms with van der Waals surface area (Å²) in [6.07, 6.45) is 4.01. The van der Waals surface area contributed by atoms with Crippen LogP contribution in [0.4, 0.5) is 0 Å². The first kappa shape index (κ1) is 21.7. The van der Waals surface area contributed by atoms with Gasteiger partial charge in [0.25, 0.3) is 11.7 Å². The van der Waals surface area contributed by atoms with Gasteiger partial charge in [0.2, 0.25) is 0 Å². The minimum atomic E-state index is -0.765. The van der Waals surface area contributed by atoms with Gasteiger partial charge in [0.15, 0.2) is 0 Å². The Balaban J connectivity index is 1.59. The molecule has 3 aromatic rings. The number of rotatable bonds is 5. The van der Waals surface area contributed by atoms with Crippen LogP contribution in [0.2, 0.25) is 0 Å². The van der Waals surface area contributed by atoms with E-state index in [1.54, 1.807) is 55.9 Å². The summed E-state index contributed by atoms with van der Waals surface area (Å²) in [5, 5.41) is 11.3. The highest BCUT2D eigenvalue weighted by molar-refractivity contribution is 6.46. The topological polar surface area (TPSA) is 89.0 Å². The second kappa shape index (κ2) is 8.67. The van der Waals surface area contributed by atoms with Crippen molar-refractivity contribution >= 4 is 17.4 Å². The SMILES string of the molecule is COc1ccc(CN2C(=O)C(=O)/C(=C(\O)c3ccc4c(c3)CC(C)O4)C2c2cccnc2)cc1. The number of carbonyl (C=O) groups excluding carboxylic acids is 2. The Morgan fingerprint density at radius 2 is 1.97 bits per heavy atom. The summed E-state index contributed by atoms with van der Waals surface area (Å²) in [4.78, 5) is 32.0. The molecule has 2 aliphatic heterocycles. The van der Waals surface area contributed by atoms with Gasteiger partial charge in [-0.05, 0) is 60.0 Å². The maximum absolute atomic E-state index is 13.2. The van der Waals surface area contributed by atoms with Crippen LogP contribution in [0.1, 0.15) is 35.2 Å². The standard InChI is InChI=1S/C27H24N2O5/c1-16-12-20-13-18(7-10-22(20)34-16)25(30)23-24(19-4-3-11-28-14-19)29(27(32)26(23)31)15-17-5-8-21(33-2)9-6-17/h3-11,13-14,16,24,30H,12,15H2,1-2H3/b25-23-. The van der Waals surface area contributed by atoms with E-state index in [0.29, 0.717) is 23.3 Å². The lowest BCUT2D eigenvalue weighted by Gasteiger charge is -2.25. The summed E-state index contributed by atoms with van der Waals surface area (Å²) in [6.45, 7) is 2.17. The van der Waals surface area contributed by atoms with Crippen molar-refractivity contribution in [2.24, 2.45) is 0 Å². The van der Waals surface area contributed by atoms with Crippen LogP contribution in [-0.4, -0.2) is 39.9 Å². The number of Topliss-reactive ketones (excluding diaryl/α,β-unsaturated/α-hetero) is 1. The number of fused-ring (bicyclic) bond motifs is 1. The molecule has 0 saturated carbocycles. The van der Waals surface area contributed by atoms with Crippen molar-refractivity contribution in [3.05, 3.63) is 94.8 Å². The number of methoxy groups -OCH3 is 1. The summed E-state index contributed by atoms with van der Waals surface area (Å²) in [6, 6.07) is 15.4. The van der Waals surface area contributed by atoms with E-state index in [-0.39, 0.29) is 24.0 Å². The minimum absolute atomic E-state index is 0.0536. The third-order valence-electron chi connectivity index (χ3n) is 6.22. The molecule has 1 amide bonds. The molecule has 0 radical (unpaired) electrons. The summed E-state index contributed by atoms with van der Waals surface area (Å²) >= 11 is 0. The van der Waals surface area contributed by atoms with Gasteiger partial charge in [-0.1, -0.05) is 18.2 Å². The molecular weight excluding hydrogens is 432 g/mol. The molecule has 7 nitrogen and oxygen atoms in total. The molecule has 0 aliphatic carbocycles. The molecule has 1 aromatic heterocycles. The number of pyridine rings is 1. The van der Waals surface area contributed by atoms with Gasteiger partial charge >= 0.3 is 0 Å². The summed E-state index contributed by atoms with van der Waals surface area (Å²) in [5.74, 6) is -0.113. The molecule has 7 heteroatoms. The molecule has 3 heterocycles. The maximum atomic E-state index is 13.2. The van der Waals surface area contributed by atoms with E-state index in [2.05, 4.69) is 4.98 Å².